The maximum absolute atomic E-state index is 12.5. The number of hydrogen-bond acceptors (Lipinski definition) is 4. The molecule has 2 aromatic carbocycles. The van der Waals surface area contributed by atoms with E-state index in [1.165, 1.54) is 0 Å². The van der Waals surface area contributed by atoms with Gasteiger partial charge in [0.05, 0.1) is 12.8 Å². The summed E-state index contributed by atoms with van der Waals surface area (Å²) in [5.74, 6) is -0.427. The zero-order valence-electron chi connectivity index (χ0n) is 16.0. The average Bonchev–Trinajstić information content (AvgIpc) is 3.08. The molecule has 0 radical (unpaired) electrons. The highest BCUT2D eigenvalue weighted by Crippen LogP contribution is 2.24. The Morgan fingerprint density at radius 3 is 2.62 bits per heavy atom. The smallest absolute Gasteiger partial charge is 0.239 e. The lowest BCUT2D eigenvalue weighted by Crippen LogP contribution is -2.37. The quantitative estimate of drug-likeness (QED) is 0.724. The van der Waals surface area contributed by atoms with Gasteiger partial charge in [0, 0.05) is 35.9 Å². The monoisotopic (exact) mass is 435 g/mol. The number of rotatable bonds is 7. The second-order valence-electron chi connectivity index (χ2n) is 6.87. The predicted octanol–water partition coefficient (Wildman–Crippen LogP) is 2.87. The largest absolute Gasteiger partial charge is 0.325 e. The number of benzene rings is 2. The Balaban J connectivity index is 1.71. The topological polar surface area (TPSA) is 86.8 Å². The fraction of sp³-hybridized carbons (Fsp3) is 0.300. The highest BCUT2D eigenvalue weighted by molar-refractivity contribution is 7.88. The maximum atomic E-state index is 12.5. The van der Waals surface area contributed by atoms with E-state index in [4.69, 9.17) is 11.6 Å². The molecule has 154 valence electrons. The Kier molecular flexibility index (Phi) is 6.56. The molecule has 0 bridgehead atoms. The molecule has 0 spiro atoms. The van der Waals surface area contributed by atoms with Crippen molar-refractivity contribution in [2.24, 2.45) is 0 Å². The van der Waals surface area contributed by atoms with E-state index in [9.17, 15) is 18.0 Å². The van der Waals surface area contributed by atoms with E-state index in [0.717, 1.165) is 17.0 Å². The van der Waals surface area contributed by atoms with Crippen LogP contribution in [0, 0.1) is 0 Å². The molecule has 9 heteroatoms. The second-order valence-corrected chi connectivity index (χ2v) is 9.26. The summed E-state index contributed by atoms with van der Waals surface area (Å²) in [7, 11) is -3.63. The Morgan fingerprint density at radius 2 is 1.97 bits per heavy atom. The molecular formula is C20H22ClN3O4S. The van der Waals surface area contributed by atoms with Gasteiger partial charge in [0.15, 0.2) is 0 Å². The number of nitrogens with zero attached hydrogens (tertiary/aromatic N) is 2. The van der Waals surface area contributed by atoms with E-state index in [0.29, 0.717) is 34.9 Å². The van der Waals surface area contributed by atoms with Gasteiger partial charge in [0.1, 0.15) is 0 Å². The molecule has 1 heterocycles. The average molecular weight is 436 g/mol. The molecule has 1 aliphatic heterocycles. The molecule has 1 saturated heterocycles. The van der Waals surface area contributed by atoms with Crippen LogP contribution >= 0.6 is 11.6 Å². The van der Waals surface area contributed by atoms with Crippen LogP contribution in [0.4, 0.5) is 11.4 Å². The normalized spacial score (nSPS) is 14.4. The van der Waals surface area contributed by atoms with Gasteiger partial charge in [0.2, 0.25) is 21.8 Å². The Labute approximate surface area is 175 Å². The molecular weight excluding hydrogens is 414 g/mol. The molecule has 0 saturated carbocycles. The van der Waals surface area contributed by atoms with Gasteiger partial charge in [-0.2, -0.15) is 4.31 Å². The lowest BCUT2D eigenvalue weighted by atomic mass is 10.2. The van der Waals surface area contributed by atoms with Crippen molar-refractivity contribution in [3.8, 4) is 0 Å². The van der Waals surface area contributed by atoms with Crippen molar-refractivity contribution in [3.63, 3.8) is 0 Å². The third-order valence-electron chi connectivity index (χ3n) is 4.61. The number of sulfonamides is 1. The van der Waals surface area contributed by atoms with Crippen LogP contribution in [0.15, 0.2) is 48.5 Å². The van der Waals surface area contributed by atoms with E-state index in [1.807, 2.05) is 0 Å². The van der Waals surface area contributed by atoms with Gasteiger partial charge in [0.25, 0.3) is 0 Å². The van der Waals surface area contributed by atoms with Crippen molar-refractivity contribution in [1.29, 1.82) is 0 Å². The summed E-state index contributed by atoms with van der Waals surface area (Å²) in [6.45, 7) is 0.293. The molecule has 29 heavy (non-hydrogen) atoms. The molecule has 3 rings (SSSR count). The number of carbonyl (C=O) groups excluding carboxylic acids is 2. The standard InChI is InChI=1S/C20H22ClN3O4S/c1-29(27,28)23(13-15-6-2-3-9-18(15)21)14-19(25)22-16-7-4-8-17(12-16)24-11-5-10-20(24)26/h2-4,6-9,12H,5,10-11,13-14H2,1H3,(H,22,25). The van der Waals surface area contributed by atoms with Crippen molar-refractivity contribution in [2.75, 3.05) is 29.6 Å². The highest BCUT2D eigenvalue weighted by Gasteiger charge is 2.23. The summed E-state index contributed by atoms with van der Waals surface area (Å²) >= 11 is 6.12. The Bertz CT molecular complexity index is 1030. The fourth-order valence-corrected chi connectivity index (χ4v) is 4.06. The molecule has 2 aromatic rings. The Hall–Kier alpha value is -2.42. The number of carbonyl (C=O) groups is 2. The van der Waals surface area contributed by atoms with Crippen molar-refractivity contribution in [1.82, 2.24) is 4.31 Å². The van der Waals surface area contributed by atoms with Gasteiger partial charge in [-0.15, -0.1) is 0 Å². The molecule has 0 atom stereocenters. The van der Waals surface area contributed by atoms with Crippen LogP contribution in [-0.4, -0.2) is 43.9 Å². The van der Waals surface area contributed by atoms with Crippen LogP contribution in [0.1, 0.15) is 18.4 Å². The summed E-state index contributed by atoms with van der Waals surface area (Å²) in [5, 5.41) is 3.14. The van der Waals surface area contributed by atoms with Crippen LogP contribution in [-0.2, 0) is 26.2 Å². The summed E-state index contributed by atoms with van der Waals surface area (Å²) in [6.07, 6.45) is 2.37. The van der Waals surface area contributed by atoms with Crippen LogP contribution in [0.2, 0.25) is 5.02 Å². The third-order valence-corrected chi connectivity index (χ3v) is 6.17. The van der Waals surface area contributed by atoms with E-state index in [1.54, 1.807) is 53.4 Å². The van der Waals surface area contributed by atoms with Crippen LogP contribution < -0.4 is 10.2 Å². The van der Waals surface area contributed by atoms with Crippen LogP contribution in [0.25, 0.3) is 0 Å². The second kappa shape index (κ2) is 8.94. The van der Waals surface area contributed by atoms with E-state index >= 15 is 0 Å². The zero-order valence-corrected chi connectivity index (χ0v) is 17.5. The lowest BCUT2D eigenvalue weighted by Gasteiger charge is -2.21. The summed E-state index contributed by atoms with van der Waals surface area (Å²) in [6, 6.07) is 13.8. The van der Waals surface area contributed by atoms with Gasteiger partial charge < -0.3 is 10.2 Å². The predicted molar refractivity (Wildman–Crippen MR) is 113 cm³/mol. The first-order valence-corrected chi connectivity index (χ1v) is 11.4. The first-order chi connectivity index (χ1) is 13.7. The molecule has 1 fully saturated rings. The summed E-state index contributed by atoms with van der Waals surface area (Å²) in [4.78, 5) is 26.1. The molecule has 0 aliphatic carbocycles. The molecule has 0 aromatic heterocycles. The number of nitrogens with one attached hydrogen (secondary N) is 1. The van der Waals surface area contributed by atoms with E-state index in [-0.39, 0.29) is 19.0 Å². The van der Waals surface area contributed by atoms with E-state index in [2.05, 4.69) is 5.32 Å². The van der Waals surface area contributed by atoms with Crippen molar-refractivity contribution >= 4 is 44.8 Å². The van der Waals surface area contributed by atoms with Crippen LogP contribution in [0.5, 0.6) is 0 Å². The van der Waals surface area contributed by atoms with Gasteiger partial charge in [-0.3, -0.25) is 9.59 Å². The lowest BCUT2D eigenvalue weighted by molar-refractivity contribution is -0.117. The zero-order chi connectivity index (χ0) is 21.0. The molecule has 0 unspecified atom stereocenters. The summed E-state index contributed by atoms with van der Waals surface area (Å²) in [5.41, 5.74) is 1.82. The fourth-order valence-electron chi connectivity index (χ4n) is 3.14. The van der Waals surface area contributed by atoms with Crippen molar-refractivity contribution in [3.05, 3.63) is 59.1 Å². The number of hydrogen-bond donors (Lipinski definition) is 1. The highest BCUT2D eigenvalue weighted by atomic mass is 35.5. The molecule has 1 N–H and O–H groups in total. The number of anilines is 2. The van der Waals surface area contributed by atoms with E-state index < -0.39 is 15.9 Å². The van der Waals surface area contributed by atoms with Crippen molar-refractivity contribution in [2.45, 2.75) is 19.4 Å². The number of amides is 2. The van der Waals surface area contributed by atoms with Gasteiger partial charge in [-0.1, -0.05) is 35.9 Å². The first-order valence-electron chi connectivity index (χ1n) is 9.13. The minimum Gasteiger partial charge on any atom is -0.325 e. The minimum absolute atomic E-state index is 0.00571. The molecule has 2 amide bonds. The first kappa shape index (κ1) is 21.3. The molecule has 1 aliphatic rings. The van der Waals surface area contributed by atoms with Gasteiger partial charge in [-0.05, 0) is 36.2 Å². The summed E-state index contributed by atoms with van der Waals surface area (Å²) < 4.78 is 25.4. The van der Waals surface area contributed by atoms with Gasteiger partial charge in [-0.25, -0.2) is 8.42 Å². The SMILES string of the molecule is CS(=O)(=O)N(CC(=O)Nc1cccc(N2CCCC2=O)c1)Cc1ccccc1Cl. The minimum atomic E-state index is -3.63. The van der Waals surface area contributed by atoms with Crippen molar-refractivity contribution < 1.29 is 18.0 Å². The number of halogens is 1. The van der Waals surface area contributed by atoms with Gasteiger partial charge >= 0.3 is 0 Å². The Morgan fingerprint density at radius 1 is 1.21 bits per heavy atom. The molecule has 7 nitrogen and oxygen atoms in total. The third kappa shape index (κ3) is 5.56. The van der Waals surface area contributed by atoms with Crippen LogP contribution in [0.3, 0.4) is 0 Å². The maximum Gasteiger partial charge on any atom is 0.239 e.